The third-order valence-corrected chi connectivity index (χ3v) is 5.26. The third-order valence-electron chi connectivity index (χ3n) is 5.26. The lowest BCUT2D eigenvalue weighted by Gasteiger charge is -2.23. The summed E-state index contributed by atoms with van der Waals surface area (Å²) in [6.07, 6.45) is 12.3. The quantitative estimate of drug-likeness (QED) is 0.551. The van der Waals surface area contributed by atoms with E-state index in [0.717, 1.165) is 49.3 Å². The second-order valence-corrected chi connectivity index (χ2v) is 7.43. The summed E-state index contributed by atoms with van der Waals surface area (Å²) in [5.74, 6) is 2.65. The minimum absolute atomic E-state index is 0.651. The van der Waals surface area contributed by atoms with E-state index in [4.69, 9.17) is 9.41 Å². The first-order valence-corrected chi connectivity index (χ1v) is 10.3. The molecule has 2 heterocycles. The van der Waals surface area contributed by atoms with Crippen LogP contribution in [0.25, 0.3) is 0 Å². The SMILES string of the molecule is CCc1nn(C)cc1CN=C(NCCc1ccco1)NCC1CCCCC1. The summed E-state index contributed by atoms with van der Waals surface area (Å²) in [5, 5.41) is 11.5. The van der Waals surface area contributed by atoms with Gasteiger partial charge in [-0.25, -0.2) is 4.99 Å². The Morgan fingerprint density at radius 2 is 2.15 bits per heavy atom. The zero-order valence-electron chi connectivity index (χ0n) is 16.7. The number of hydrogen-bond donors (Lipinski definition) is 2. The van der Waals surface area contributed by atoms with Crippen LogP contribution in [0.2, 0.25) is 0 Å². The highest BCUT2D eigenvalue weighted by Gasteiger charge is 2.14. The minimum Gasteiger partial charge on any atom is -0.469 e. The van der Waals surface area contributed by atoms with Crippen molar-refractivity contribution >= 4 is 5.96 Å². The Balaban J connectivity index is 1.57. The van der Waals surface area contributed by atoms with E-state index in [2.05, 4.69) is 28.9 Å². The topological polar surface area (TPSA) is 67.4 Å². The van der Waals surface area contributed by atoms with Crippen LogP contribution in [0.15, 0.2) is 34.0 Å². The fraction of sp³-hybridized carbons (Fsp3) is 0.619. The lowest BCUT2D eigenvalue weighted by Crippen LogP contribution is -2.41. The molecule has 1 fully saturated rings. The third kappa shape index (κ3) is 6.15. The molecule has 0 unspecified atom stereocenters. The van der Waals surface area contributed by atoms with E-state index in [1.165, 1.54) is 37.7 Å². The molecule has 148 valence electrons. The van der Waals surface area contributed by atoms with Crippen LogP contribution in [0.4, 0.5) is 0 Å². The van der Waals surface area contributed by atoms with Crippen molar-refractivity contribution in [2.24, 2.45) is 18.0 Å². The van der Waals surface area contributed by atoms with Gasteiger partial charge in [-0.1, -0.05) is 26.2 Å². The molecule has 6 nitrogen and oxygen atoms in total. The van der Waals surface area contributed by atoms with Crippen LogP contribution < -0.4 is 10.6 Å². The Bertz CT molecular complexity index is 698. The Labute approximate surface area is 162 Å². The lowest BCUT2D eigenvalue weighted by atomic mass is 9.89. The molecule has 0 aliphatic heterocycles. The van der Waals surface area contributed by atoms with Gasteiger partial charge in [0.15, 0.2) is 5.96 Å². The number of hydrogen-bond acceptors (Lipinski definition) is 3. The summed E-state index contributed by atoms with van der Waals surface area (Å²) in [4.78, 5) is 4.83. The predicted octanol–water partition coefficient (Wildman–Crippen LogP) is 3.43. The second-order valence-electron chi connectivity index (χ2n) is 7.43. The summed E-state index contributed by atoms with van der Waals surface area (Å²) in [5.41, 5.74) is 2.33. The molecular weight excluding hydrogens is 338 g/mol. The molecule has 1 saturated carbocycles. The lowest BCUT2D eigenvalue weighted by molar-refractivity contribution is 0.355. The number of nitrogens with zero attached hydrogens (tertiary/aromatic N) is 3. The van der Waals surface area contributed by atoms with Crippen molar-refractivity contribution in [2.45, 2.75) is 58.4 Å². The van der Waals surface area contributed by atoms with E-state index in [9.17, 15) is 0 Å². The molecule has 2 N–H and O–H groups in total. The molecule has 2 aromatic heterocycles. The van der Waals surface area contributed by atoms with Gasteiger partial charge in [0.1, 0.15) is 5.76 Å². The van der Waals surface area contributed by atoms with Crippen LogP contribution >= 0.6 is 0 Å². The van der Waals surface area contributed by atoms with Gasteiger partial charge in [0.05, 0.1) is 18.5 Å². The van der Waals surface area contributed by atoms with Crippen LogP contribution in [0.5, 0.6) is 0 Å². The van der Waals surface area contributed by atoms with Crippen molar-refractivity contribution in [2.75, 3.05) is 13.1 Å². The number of guanidine groups is 1. The average Bonchev–Trinajstić information content (AvgIpc) is 3.33. The monoisotopic (exact) mass is 371 g/mol. The van der Waals surface area contributed by atoms with Gasteiger partial charge in [0.25, 0.3) is 0 Å². The van der Waals surface area contributed by atoms with E-state index >= 15 is 0 Å². The Morgan fingerprint density at radius 1 is 1.30 bits per heavy atom. The van der Waals surface area contributed by atoms with Gasteiger partial charge in [-0.15, -0.1) is 0 Å². The molecule has 6 heteroatoms. The summed E-state index contributed by atoms with van der Waals surface area (Å²) in [7, 11) is 1.97. The summed E-state index contributed by atoms with van der Waals surface area (Å²) in [6, 6.07) is 3.94. The highest BCUT2D eigenvalue weighted by molar-refractivity contribution is 5.79. The first-order valence-electron chi connectivity index (χ1n) is 10.3. The Morgan fingerprint density at radius 3 is 2.89 bits per heavy atom. The molecule has 27 heavy (non-hydrogen) atoms. The number of nitrogens with one attached hydrogen (secondary N) is 2. The molecule has 0 atom stereocenters. The first-order chi connectivity index (χ1) is 13.2. The van der Waals surface area contributed by atoms with Crippen LogP contribution in [0.1, 0.15) is 56.0 Å². The predicted molar refractivity (Wildman–Crippen MR) is 109 cm³/mol. The highest BCUT2D eigenvalue weighted by Crippen LogP contribution is 2.22. The Hall–Kier alpha value is -2.24. The minimum atomic E-state index is 0.651. The van der Waals surface area contributed by atoms with Crippen LogP contribution in [0.3, 0.4) is 0 Å². The molecule has 0 saturated heterocycles. The van der Waals surface area contributed by atoms with E-state index in [-0.39, 0.29) is 0 Å². The standard InChI is InChI=1S/C21H33N5O/c1-3-20-18(16-26(2)25-20)15-24-21(22-12-11-19-10-7-13-27-19)23-14-17-8-5-4-6-9-17/h7,10,13,16-17H,3-6,8-9,11-12,14-15H2,1-2H3,(H2,22,23,24). The van der Waals surface area contributed by atoms with Crippen molar-refractivity contribution in [3.05, 3.63) is 41.6 Å². The maximum absolute atomic E-state index is 5.42. The van der Waals surface area contributed by atoms with Crippen molar-refractivity contribution in [3.8, 4) is 0 Å². The zero-order chi connectivity index (χ0) is 18.9. The molecular formula is C21H33N5O. The van der Waals surface area contributed by atoms with E-state index in [0.29, 0.717) is 6.54 Å². The Kier molecular flexibility index (Phi) is 7.36. The molecule has 3 rings (SSSR count). The number of furan rings is 1. The molecule has 0 spiro atoms. The summed E-state index contributed by atoms with van der Waals surface area (Å²) < 4.78 is 7.30. The number of rotatable bonds is 8. The smallest absolute Gasteiger partial charge is 0.191 e. The zero-order valence-corrected chi connectivity index (χ0v) is 16.7. The van der Waals surface area contributed by atoms with Crippen molar-refractivity contribution < 1.29 is 4.42 Å². The number of aryl methyl sites for hydroxylation is 2. The second kappa shape index (κ2) is 10.2. The van der Waals surface area contributed by atoms with E-state index < -0.39 is 0 Å². The molecule has 1 aliphatic carbocycles. The van der Waals surface area contributed by atoms with Gasteiger partial charge in [0, 0.05) is 38.3 Å². The van der Waals surface area contributed by atoms with Crippen molar-refractivity contribution in [1.29, 1.82) is 0 Å². The van der Waals surface area contributed by atoms with Gasteiger partial charge in [-0.3, -0.25) is 4.68 Å². The van der Waals surface area contributed by atoms with Gasteiger partial charge >= 0.3 is 0 Å². The van der Waals surface area contributed by atoms with Crippen LogP contribution in [-0.4, -0.2) is 28.8 Å². The number of aromatic nitrogens is 2. The molecule has 0 aromatic carbocycles. The molecule has 0 bridgehead atoms. The largest absolute Gasteiger partial charge is 0.469 e. The summed E-state index contributed by atoms with van der Waals surface area (Å²) in [6.45, 7) is 4.59. The van der Waals surface area contributed by atoms with Crippen LogP contribution in [-0.2, 0) is 26.4 Å². The molecule has 1 aliphatic rings. The van der Waals surface area contributed by atoms with Gasteiger partial charge in [-0.05, 0) is 37.3 Å². The van der Waals surface area contributed by atoms with Crippen molar-refractivity contribution in [1.82, 2.24) is 20.4 Å². The van der Waals surface area contributed by atoms with Crippen molar-refractivity contribution in [3.63, 3.8) is 0 Å². The fourth-order valence-corrected chi connectivity index (χ4v) is 3.74. The molecule has 0 amide bonds. The normalized spacial score (nSPS) is 15.9. The molecule has 2 aromatic rings. The van der Waals surface area contributed by atoms with Gasteiger partial charge in [-0.2, -0.15) is 5.10 Å². The first kappa shape index (κ1) is 19.5. The molecule has 0 radical (unpaired) electrons. The van der Waals surface area contributed by atoms with Gasteiger partial charge < -0.3 is 15.1 Å². The number of aliphatic imine (C=N–C) groups is 1. The fourth-order valence-electron chi connectivity index (χ4n) is 3.74. The maximum Gasteiger partial charge on any atom is 0.191 e. The van der Waals surface area contributed by atoms with Gasteiger partial charge in [0.2, 0.25) is 0 Å². The van der Waals surface area contributed by atoms with E-state index in [1.54, 1.807) is 6.26 Å². The van der Waals surface area contributed by atoms with Crippen LogP contribution in [0, 0.1) is 5.92 Å². The van der Waals surface area contributed by atoms with E-state index in [1.807, 2.05) is 23.9 Å². The summed E-state index contributed by atoms with van der Waals surface area (Å²) >= 11 is 0. The average molecular weight is 372 g/mol. The highest BCUT2D eigenvalue weighted by atomic mass is 16.3. The maximum atomic E-state index is 5.42.